The number of aromatic nitrogens is 2. The molecule has 1 atom stereocenters. The highest BCUT2D eigenvalue weighted by atomic mass is 16.5. The lowest BCUT2D eigenvalue weighted by Gasteiger charge is -2.14. The normalized spacial score (nSPS) is 12.2. The third-order valence-electron chi connectivity index (χ3n) is 2.13. The van der Waals surface area contributed by atoms with Crippen molar-refractivity contribution in [2.24, 2.45) is 7.05 Å². The Hall–Kier alpha value is -1.54. The van der Waals surface area contributed by atoms with Crippen molar-refractivity contribution in [1.82, 2.24) is 9.78 Å². The second-order valence-electron chi connectivity index (χ2n) is 3.55. The van der Waals surface area contributed by atoms with Gasteiger partial charge in [-0.3, -0.25) is 4.68 Å². The molecule has 0 radical (unpaired) electrons. The van der Waals surface area contributed by atoms with Gasteiger partial charge < -0.3 is 10.1 Å². The first kappa shape index (κ1) is 11.5. The summed E-state index contributed by atoms with van der Waals surface area (Å²) in [5.74, 6) is 0.750. The van der Waals surface area contributed by atoms with Gasteiger partial charge in [-0.05, 0) is 13.8 Å². The lowest BCUT2D eigenvalue weighted by atomic mass is 10.2. The molecule has 0 bridgehead atoms. The van der Waals surface area contributed by atoms with Crippen molar-refractivity contribution in [3.8, 4) is 6.07 Å². The van der Waals surface area contributed by atoms with E-state index in [1.54, 1.807) is 11.8 Å². The Morgan fingerprint density at radius 1 is 1.67 bits per heavy atom. The number of anilines is 1. The molecule has 1 aromatic rings. The topological polar surface area (TPSA) is 62.9 Å². The molecule has 0 saturated heterocycles. The lowest BCUT2D eigenvalue weighted by molar-refractivity contribution is 0.190. The van der Waals surface area contributed by atoms with Gasteiger partial charge in [0.15, 0.2) is 0 Å². The van der Waals surface area contributed by atoms with Gasteiger partial charge in [-0.25, -0.2) is 0 Å². The standard InChI is InChI=1S/C10H16N4O/c1-7(6-15-4)12-10-9(5-11)8(2)13-14(10)3/h7,12H,6H2,1-4H3. The maximum Gasteiger partial charge on any atom is 0.142 e. The zero-order valence-electron chi connectivity index (χ0n) is 9.53. The van der Waals surface area contributed by atoms with Crippen LogP contribution in [0.3, 0.4) is 0 Å². The Morgan fingerprint density at radius 3 is 2.87 bits per heavy atom. The van der Waals surface area contributed by atoms with Crippen LogP contribution in [0, 0.1) is 18.3 Å². The molecule has 15 heavy (non-hydrogen) atoms. The highest BCUT2D eigenvalue weighted by molar-refractivity contribution is 5.55. The molecule has 0 aromatic carbocycles. The Balaban J connectivity index is 2.89. The van der Waals surface area contributed by atoms with Crippen molar-refractivity contribution < 1.29 is 4.74 Å². The predicted molar refractivity (Wildman–Crippen MR) is 57.6 cm³/mol. The average Bonchev–Trinajstić information content (AvgIpc) is 2.42. The van der Waals surface area contributed by atoms with Gasteiger partial charge in [0.25, 0.3) is 0 Å². The molecular formula is C10H16N4O. The van der Waals surface area contributed by atoms with Crippen molar-refractivity contribution in [2.75, 3.05) is 19.0 Å². The zero-order valence-corrected chi connectivity index (χ0v) is 9.53. The van der Waals surface area contributed by atoms with Crippen LogP contribution in [-0.4, -0.2) is 29.5 Å². The Bertz CT molecular complexity index is 378. The van der Waals surface area contributed by atoms with Crippen LogP contribution in [0.4, 0.5) is 5.82 Å². The van der Waals surface area contributed by atoms with E-state index < -0.39 is 0 Å². The van der Waals surface area contributed by atoms with Gasteiger partial charge in [-0.2, -0.15) is 10.4 Å². The summed E-state index contributed by atoms with van der Waals surface area (Å²) in [5, 5.41) is 16.4. The molecule has 5 nitrogen and oxygen atoms in total. The Kier molecular flexibility index (Phi) is 3.69. The Morgan fingerprint density at radius 2 is 2.33 bits per heavy atom. The molecule has 0 spiro atoms. The van der Waals surface area contributed by atoms with Crippen LogP contribution in [0.25, 0.3) is 0 Å². The first-order chi connectivity index (χ1) is 7.10. The molecule has 1 N–H and O–H groups in total. The van der Waals surface area contributed by atoms with Crippen molar-refractivity contribution in [2.45, 2.75) is 19.9 Å². The van der Waals surface area contributed by atoms with Gasteiger partial charge in [0.05, 0.1) is 12.3 Å². The summed E-state index contributed by atoms with van der Waals surface area (Å²) in [6.45, 7) is 4.41. The number of rotatable bonds is 4. The molecule has 0 fully saturated rings. The second kappa shape index (κ2) is 4.80. The smallest absolute Gasteiger partial charge is 0.142 e. The van der Waals surface area contributed by atoms with Gasteiger partial charge in [0.2, 0.25) is 0 Å². The summed E-state index contributed by atoms with van der Waals surface area (Å²) in [5.41, 5.74) is 1.34. The number of aryl methyl sites for hydroxylation is 2. The zero-order chi connectivity index (χ0) is 11.4. The number of nitrogens with one attached hydrogen (secondary N) is 1. The fourth-order valence-corrected chi connectivity index (χ4v) is 1.48. The highest BCUT2D eigenvalue weighted by Gasteiger charge is 2.14. The molecule has 0 aliphatic carbocycles. The SMILES string of the molecule is COCC(C)Nc1c(C#N)c(C)nn1C. The molecule has 0 saturated carbocycles. The molecule has 5 heteroatoms. The maximum absolute atomic E-state index is 8.98. The van der Waals surface area contributed by atoms with Gasteiger partial charge >= 0.3 is 0 Å². The van der Waals surface area contributed by atoms with E-state index in [9.17, 15) is 0 Å². The summed E-state index contributed by atoms with van der Waals surface area (Å²) < 4.78 is 6.70. The van der Waals surface area contributed by atoms with Crippen LogP contribution in [-0.2, 0) is 11.8 Å². The van der Waals surface area contributed by atoms with Crippen molar-refractivity contribution in [3.05, 3.63) is 11.3 Å². The fraction of sp³-hybridized carbons (Fsp3) is 0.600. The van der Waals surface area contributed by atoms with E-state index in [1.165, 1.54) is 0 Å². The summed E-state index contributed by atoms with van der Waals surface area (Å²) in [6, 6.07) is 2.30. The van der Waals surface area contributed by atoms with Crippen LogP contribution in [0.1, 0.15) is 18.2 Å². The van der Waals surface area contributed by atoms with E-state index in [-0.39, 0.29) is 6.04 Å². The third kappa shape index (κ3) is 2.48. The predicted octanol–water partition coefficient (Wildman–Crippen LogP) is 1.05. The molecule has 0 aliphatic rings. The quantitative estimate of drug-likeness (QED) is 0.803. The minimum absolute atomic E-state index is 0.150. The minimum atomic E-state index is 0.150. The molecule has 1 unspecified atom stereocenters. The monoisotopic (exact) mass is 208 g/mol. The third-order valence-corrected chi connectivity index (χ3v) is 2.13. The number of methoxy groups -OCH3 is 1. The molecule has 1 aromatic heterocycles. The van der Waals surface area contributed by atoms with E-state index in [0.29, 0.717) is 12.2 Å². The maximum atomic E-state index is 8.98. The largest absolute Gasteiger partial charge is 0.383 e. The minimum Gasteiger partial charge on any atom is -0.383 e. The molecule has 0 aliphatic heterocycles. The molecule has 82 valence electrons. The average molecular weight is 208 g/mol. The molecule has 1 heterocycles. The van der Waals surface area contributed by atoms with Gasteiger partial charge in [-0.1, -0.05) is 0 Å². The summed E-state index contributed by atoms with van der Waals surface area (Å²) in [4.78, 5) is 0. The van der Waals surface area contributed by atoms with Crippen molar-refractivity contribution >= 4 is 5.82 Å². The molecular weight excluding hydrogens is 192 g/mol. The van der Waals surface area contributed by atoms with Crippen molar-refractivity contribution in [1.29, 1.82) is 5.26 Å². The summed E-state index contributed by atoms with van der Waals surface area (Å²) in [6.07, 6.45) is 0. The Labute approximate surface area is 89.6 Å². The first-order valence-corrected chi connectivity index (χ1v) is 4.79. The first-order valence-electron chi connectivity index (χ1n) is 4.79. The molecule has 1 rings (SSSR count). The highest BCUT2D eigenvalue weighted by Crippen LogP contribution is 2.17. The van der Waals surface area contributed by atoms with E-state index in [1.807, 2.05) is 20.9 Å². The number of ether oxygens (including phenoxy) is 1. The second-order valence-corrected chi connectivity index (χ2v) is 3.55. The van der Waals surface area contributed by atoms with Gasteiger partial charge in [0, 0.05) is 20.2 Å². The number of hydrogen-bond acceptors (Lipinski definition) is 4. The van der Waals surface area contributed by atoms with Crippen LogP contribution in [0.5, 0.6) is 0 Å². The van der Waals surface area contributed by atoms with Crippen LogP contribution >= 0.6 is 0 Å². The lowest BCUT2D eigenvalue weighted by Crippen LogP contribution is -2.22. The van der Waals surface area contributed by atoms with Crippen LogP contribution < -0.4 is 5.32 Å². The number of nitriles is 1. The van der Waals surface area contributed by atoms with E-state index >= 15 is 0 Å². The fourth-order valence-electron chi connectivity index (χ4n) is 1.48. The van der Waals surface area contributed by atoms with Gasteiger partial charge in [-0.15, -0.1) is 0 Å². The molecule has 0 amide bonds. The summed E-state index contributed by atoms with van der Waals surface area (Å²) >= 11 is 0. The number of nitrogens with zero attached hydrogens (tertiary/aromatic N) is 3. The van der Waals surface area contributed by atoms with Gasteiger partial charge in [0.1, 0.15) is 17.5 Å². The van der Waals surface area contributed by atoms with E-state index in [2.05, 4.69) is 16.5 Å². The van der Waals surface area contributed by atoms with E-state index in [4.69, 9.17) is 10.00 Å². The number of hydrogen-bond donors (Lipinski definition) is 1. The summed E-state index contributed by atoms with van der Waals surface area (Å²) in [7, 11) is 3.47. The van der Waals surface area contributed by atoms with Crippen molar-refractivity contribution in [3.63, 3.8) is 0 Å². The van der Waals surface area contributed by atoms with E-state index in [0.717, 1.165) is 11.5 Å². The van der Waals surface area contributed by atoms with Crippen LogP contribution in [0.2, 0.25) is 0 Å². The van der Waals surface area contributed by atoms with Crippen LogP contribution in [0.15, 0.2) is 0 Å².